The van der Waals surface area contributed by atoms with Gasteiger partial charge in [-0.15, -0.1) is 21.5 Å². The Bertz CT molecular complexity index is 858. The summed E-state index contributed by atoms with van der Waals surface area (Å²) in [5.74, 6) is 2.81. The molecule has 1 aliphatic heterocycles. The molecule has 0 saturated carbocycles. The largest absolute Gasteiger partial charge is 0.497 e. The van der Waals surface area contributed by atoms with E-state index in [0.717, 1.165) is 51.7 Å². The first-order valence-electron chi connectivity index (χ1n) is 8.47. The van der Waals surface area contributed by atoms with Crippen LogP contribution < -0.4 is 4.74 Å². The van der Waals surface area contributed by atoms with Gasteiger partial charge in [-0.3, -0.25) is 0 Å². The fourth-order valence-corrected chi connectivity index (χ4v) is 4.76. The molecule has 5 nitrogen and oxygen atoms in total. The van der Waals surface area contributed by atoms with Gasteiger partial charge in [-0.05, 0) is 25.0 Å². The van der Waals surface area contributed by atoms with Crippen LogP contribution in [0.2, 0.25) is 0 Å². The summed E-state index contributed by atoms with van der Waals surface area (Å²) in [6.07, 6.45) is 4.77. The minimum Gasteiger partial charge on any atom is -0.497 e. The van der Waals surface area contributed by atoms with Gasteiger partial charge in [0.2, 0.25) is 0 Å². The van der Waals surface area contributed by atoms with Crippen LogP contribution in [0.1, 0.15) is 30.8 Å². The Balaban J connectivity index is 1.46. The van der Waals surface area contributed by atoms with Gasteiger partial charge in [-0.1, -0.05) is 30.3 Å². The summed E-state index contributed by atoms with van der Waals surface area (Å²) in [6.45, 7) is 1.04. The van der Waals surface area contributed by atoms with Crippen LogP contribution in [-0.4, -0.2) is 26.9 Å². The molecule has 7 heteroatoms. The number of nitrogens with zero attached hydrogens (tertiary/aromatic N) is 4. The molecule has 1 aliphatic rings. The third-order valence-corrected chi connectivity index (χ3v) is 6.23. The Morgan fingerprint density at radius 3 is 3.12 bits per heavy atom. The summed E-state index contributed by atoms with van der Waals surface area (Å²) >= 11 is 3.40. The maximum atomic E-state index is 5.30. The van der Waals surface area contributed by atoms with Crippen molar-refractivity contribution in [2.24, 2.45) is 0 Å². The summed E-state index contributed by atoms with van der Waals surface area (Å²) in [7, 11) is 1.69. The molecule has 0 saturated heterocycles. The fourth-order valence-electron chi connectivity index (χ4n) is 2.97. The molecule has 4 rings (SSSR count). The average Bonchev–Trinajstić information content (AvgIpc) is 3.21. The molecule has 0 N–H and O–H groups in total. The van der Waals surface area contributed by atoms with Crippen LogP contribution in [0.5, 0.6) is 5.75 Å². The van der Waals surface area contributed by atoms with Crippen molar-refractivity contribution < 1.29 is 4.74 Å². The van der Waals surface area contributed by atoms with E-state index in [4.69, 9.17) is 9.72 Å². The Hall–Kier alpha value is -1.86. The van der Waals surface area contributed by atoms with Crippen molar-refractivity contribution in [3.05, 3.63) is 41.2 Å². The van der Waals surface area contributed by atoms with Crippen molar-refractivity contribution in [2.75, 3.05) is 7.11 Å². The second-order valence-corrected chi connectivity index (χ2v) is 7.83. The van der Waals surface area contributed by atoms with Gasteiger partial charge in [-0.2, -0.15) is 0 Å². The van der Waals surface area contributed by atoms with E-state index in [-0.39, 0.29) is 0 Å². The van der Waals surface area contributed by atoms with Crippen molar-refractivity contribution in [3.63, 3.8) is 0 Å². The van der Waals surface area contributed by atoms with Crippen LogP contribution in [0.15, 0.2) is 34.8 Å². The zero-order valence-corrected chi connectivity index (χ0v) is 15.8. The second kappa shape index (κ2) is 7.58. The number of hydrogen-bond donors (Lipinski definition) is 0. The number of thioether (sulfide) groups is 1. The quantitative estimate of drug-likeness (QED) is 0.620. The van der Waals surface area contributed by atoms with E-state index in [9.17, 15) is 0 Å². The minimum atomic E-state index is 0.818. The predicted octanol–water partition coefficient (Wildman–Crippen LogP) is 4.43. The number of methoxy groups -OCH3 is 1. The van der Waals surface area contributed by atoms with Gasteiger partial charge in [0, 0.05) is 29.7 Å². The molecule has 3 aromatic rings. The van der Waals surface area contributed by atoms with Crippen LogP contribution >= 0.6 is 23.1 Å². The molecule has 0 amide bonds. The zero-order valence-electron chi connectivity index (χ0n) is 14.1. The van der Waals surface area contributed by atoms with E-state index in [1.54, 1.807) is 30.2 Å². The number of fused-ring (bicyclic) bond motifs is 1. The minimum absolute atomic E-state index is 0.818. The monoisotopic (exact) mass is 372 g/mol. The molecular formula is C18H20N4OS2. The summed E-state index contributed by atoms with van der Waals surface area (Å²) in [6, 6.07) is 8.03. The van der Waals surface area contributed by atoms with E-state index in [2.05, 4.69) is 26.2 Å². The van der Waals surface area contributed by atoms with Gasteiger partial charge in [0.05, 0.1) is 12.8 Å². The Morgan fingerprint density at radius 2 is 2.20 bits per heavy atom. The van der Waals surface area contributed by atoms with Gasteiger partial charge in [0.15, 0.2) is 5.16 Å². The highest BCUT2D eigenvalue weighted by Gasteiger charge is 2.15. The Morgan fingerprint density at radius 1 is 1.24 bits per heavy atom. The van der Waals surface area contributed by atoms with Crippen LogP contribution in [0, 0.1) is 0 Å². The normalized spacial score (nSPS) is 14.1. The number of hydrogen-bond acceptors (Lipinski definition) is 6. The highest BCUT2D eigenvalue weighted by atomic mass is 32.2. The number of ether oxygens (including phenoxy) is 1. The first-order valence-corrected chi connectivity index (χ1v) is 10.3. The molecule has 0 bridgehead atoms. The molecular weight excluding hydrogens is 352 g/mol. The molecule has 130 valence electrons. The Labute approximate surface area is 155 Å². The van der Waals surface area contributed by atoms with Gasteiger partial charge in [-0.25, -0.2) is 4.98 Å². The topological polar surface area (TPSA) is 52.8 Å². The van der Waals surface area contributed by atoms with Crippen molar-refractivity contribution in [2.45, 2.75) is 43.1 Å². The zero-order chi connectivity index (χ0) is 17.1. The van der Waals surface area contributed by atoms with Crippen LogP contribution in [0.3, 0.4) is 0 Å². The lowest BCUT2D eigenvalue weighted by Crippen LogP contribution is -2.02. The molecule has 0 unspecified atom stereocenters. The SMILES string of the molecule is COc1cccc(-c2nc(CSc3nnc4n3CCCCC4)cs2)c1. The average molecular weight is 373 g/mol. The number of rotatable bonds is 5. The number of thiazole rings is 1. The second-order valence-electron chi connectivity index (χ2n) is 6.03. The van der Waals surface area contributed by atoms with E-state index in [0.29, 0.717) is 0 Å². The highest BCUT2D eigenvalue weighted by molar-refractivity contribution is 7.98. The molecule has 0 atom stereocenters. The fraction of sp³-hybridized carbons (Fsp3) is 0.389. The van der Waals surface area contributed by atoms with Crippen molar-refractivity contribution in [1.82, 2.24) is 19.7 Å². The third kappa shape index (κ3) is 3.72. The number of aryl methyl sites for hydroxylation is 1. The molecule has 0 spiro atoms. The van der Waals surface area contributed by atoms with Gasteiger partial charge >= 0.3 is 0 Å². The maximum absolute atomic E-state index is 5.30. The summed E-state index contributed by atoms with van der Waals surface area (Å²) in [5, 5.41) is 12.9. The van der Waals surface area contributed by atoms with E-state index in [1.165, 1.54) is 19.3 Å². The number of aromatic nitrogens is 4. The first kappa shape index (κ1) is 16.6. The molecule has 25 heavy (non-hydrogen) atoms. The smallest absolute Gasteiger partial charge is 0.191 e. The van der Waals surface area contributed by atoms with Crippen molar-refractivity contribution in [1.29, 1.82) is 0 Å². The predicted molar refractivity (Wildman–Crippen MR) is 101 cm³/mol. The first-order chi connectivity index (χ1) is 12.3. The van der Waals surface area contributed by atoms with E-state index in [1.807, 2.05) is 18.2 Å². The number of benzene rings is 1. The summed E-state index contributed by atoms with van der Waals surface area (Å²) in [4.78, 5) is 4.77. The maximum Gasteiger partial charge on any atom is 0.191 e. The summed E-state index contributed by atoms with van der Waals surface area (Å²) in [5.41, 5.74) is 2.18. The Kier molecular flexibility index (Phi) is 5.03. The van der Waals surface area contributed by atoms with Crippen molar-refractivity contribution in [3.8, 4) is 16.3 Å². The lowest BCUT2D eigenvalue weighted by molar-refractivity contribution is 0.415. The van der Waals surface area contributed by atoms with Gasteiger partial charge < -0.3 is 9.30 Å². The molecule has 0 fully saturated rings. The molecule has 0 aliphatic carbocycles. The lowest BCUT2D eigenvalue weighted by Gasteiger charge is -2.05. The molecule has 1 aromatic carbocycles. The third-order valence-electron chi connectivity index (χ3n) is 4.29. The standard InChI is InChI=1S/C18H20N4OS2/c1-23-15-7-5-6-13(10-15)17-19-14(11-24-17)12-25-18-21-20-16-8-3-2-4-9-22(16)18/h5-7,10-11H,2-4,8-9,12H2,1H3. The summed E-state index contributed by atoms with van der Waals surface area (Å²) < 4.78 is 7.58. The van der Waals surface area contributed by atoms with Gasteiger partial charge in [0.1, 0.15) is 16.6 Å². The highest BCUT2D eigenvalue weighted by Crippen LogP contribution is 2.30. The molecule has 2 aromatic heterocycles. The van der Waals surface area contributed by atoms with E-state index >= 15 is 0 Å². The van der Waals surface area contributed by atoms with Crippen LogP contribution in [-0.2, 0) is 18.7 Å². The molecule has 3 heterocycles. The molecule has 0 radical (unpaired) electrons. The van der Waals surface area contributed by atoms with E-state index < -0.39 is 0 Å². The van der Waals surface area contributed by atoms with Gasteiger partial charge in [0.25, 0.3) is 0 Å². The van der Waals surface area contributed by atoms with Crippen LogP contribution in [0.25, 0.3) is 10.6 Å². The van der Waals surface area contributed by atoms with Crippen molar-refractivity contribution >= 4 is 23.1 Å². The lowest BCUT2D eigenvalue weighted by atomic mass is 10.2. The van der Waals surface area contributed by atoms with Crippen LogP contribution in [0.4, 0.5) is 0 Å².